The summed E-state index contributed by atoms with van der Waals surface area (Å²) in [7, 11) is 0. The maximum absolute atomic E-state index is 13.8. The fourth-order valence-corrected chi connectivity index (χ4v) is 2.95. The van der Waals surface area contributed by atoms with Crippen molar-refractivity contribution in [3.63, 3.8) is 0 Å². The van der Waals surface area contributed by atoms with Gasteiger partial charge in [0.2, 0.25) is 0 Å². The van der Waals surface area contributed by atoms with Crippen LogP contribution < -0.4 is 5.32 Å². The number of hydrogen-bond donors (Lipinski definition) is 1. The molecule has 3 nitrogen and oxygen atoms in total. The molecule has 114 valence electrons. The molecule has 1 atom stereocenters. The molecule has 0 bridgehead atoms. The second kappa shape index (κ2) is 7.42. The maximum atomic E-state index is 13.8. The van der Waals surface area contributed by atoms with Crippen LogP contribution in [0.25, 0.3) is 0 Å². The van der Waals surface area contributed by atoms with Gasteiger partial charge in [0.25, 0.3) is 0 Å². The Hall–Kier alpha value is -1.60. The van der Waals surface area contributed by atoms with Crippen molar-refractivity contribution in [2.45, 2.75) is 45.6 Å². The zero-order chi connectivity index (χ0) is 15.2. The van der Waals surface area contributed by atoms with Crippen molar-refractivity contribution < 1.29 is 4.39 Å². The van der Waals surface area contributed by atoms with Gasteiger partial charge in [-0.1, -0.05) is 6.92 Å². The summed E-state index contributed by atoms with van der Waals surface area (Å²) in [5, 5.41) is 12.4. The van der Waals surface area contributed by atoms with Crippen LogP contribution in [0.1, 0.15) is 43.7 Å². The van der Waals surface area contributed by atoms with E-state index in [0.717, 1.165) is 44.6 Å². The van der Waals surface area contributed by atoms with Gasteiger partial charge in [-0.05, 0) is 57.8 Å². The fourth-order valence-electron chi connectivity index (χ4n) is 2.95. The van der Waals surface area contributed by atoms with E-state index in [1.54, 1.807) is 13.0 Å². The highest BCUT2D eigenvalue weighted by atomic mass is 19.1. The minimum absolute atomic E-state index is 0.308. The van der Waals surface area contributed by atoms with Crippen molar-refractivity contribution in [2.24, 2.45) is 0 Å². The monoisotopic (exact) mass is 289 g/mol. The summed E-state index contributed by atoms with van der Waals surface area (Å²) in [6.07, 6.45) is 4.51. The van der Waals surface area contributed by atoms with Gasteiger partial charge in [-0.25, -0.2) is 4.39 Å². The summed E-state index contributed by atoms with van der Waals surface area (Å²) < 4.78 is 13.8. The van der Waals surface area contributed by atoms with Gasteiger partial charge in [0.1, 0.15) is 5.82 Å². The molecule has 0 saturated carbocycles. The van der Waals surface area contributed by atoms with Crippen molar-refractivity contribution in [1.82, 2.24) is 4.90 Å². The quantitative estimate of drug-likeness (QED) is 0.919. The van der Waals surface area contributed by atoms with Gasteiger partial charge in [-0.15, -0.1) is 0 Å². The Morgan fingerprint density at radius 3 is 2.90 bits per heavy atom. The van der Waals surface area contributed by atoms with Gasteiger partial charge in [0, 0.05) is 23.8 Å². The van der Waals surface area contributed by atoms with Crippen LogP contribution in [0.3, 0.4) is 0 Å². The number of nitrogens with zero attached hydrogens (tertiary/aromatic N) is 2. The summed E-state index contributed by atoms with van der Waals surface area (Å²) in [6.45, 7) is 7.37. The minimum Gasteiger partial charge on any atom is -0.382 e. The molecule has 1 fully saturated rings. The lowest BCUT2D eigenvalue weighted by Crippen LogP contribution is -2.27. The molecule has 4 heteroatoms. The largest absolute Gasteiger partial charge is 0.382 e. The average Bonchev–Trinajstić information content (AvgIpc) is 2.69. The van der Waals surface area contributed by atoms with Crippen LogP contribution >= 0.6 is 0 Å². The Bertz CT molecular complexity index is 522. The molecule has 0 aliphatic carbocycles. The van der Waals surface area contributed by atoms with Crippen LogP contribution in [0.15, 0.2) is 12.1 Å². The molecular weight excluding hydrogens is 265 g/mol. The SMILES string of the molecule is CCCN1CCCC(Nc2cc(C#N)cc(F)c2C)CC1. The highest BCUT2D eigenvalue weighted by molar-refractivity contribution is 5.56. The highest BCUT2D eigenvalue weighted by Gasteiger charge is 2.18. The molecular formula is C17H24FN3. The summed E-state index contributed by atoms with van der Waals surface area (Å²) in [4.78, 5) is 2.50. The fraction of sp³-hybridized carbons (Fsp3) is 0.588. The topological polar surface area (TPSA) is 39.1 Å². The molecule has 2 rings (SSSR count). The molecule has 1 aromatic carbocycles. The van der Waals surface area contributed by atoms with Crippen molar-refractivity contribution in [1.29, 1.82) is 5.26 Å². The first kappa shape index (κ1) is 15.8. The van der Waals surface area contributed by atoms with Gasteiger partial charge >= 0.3 is 0 Å². The lowest BCUT2D eigenvalue weighted by molar-refractivity contribution is 0.285. The molecule has 0 spiro atoms. The Balaban J connectivity index is 2.05. The number of anilines is 1. The lowest BCUT2D eigenvalue weighted by atomic mass is 10.1. The van der Waals surface area contributed by atoms with E-state index in [1.165, 1.54) is 12.5 Å². The number of benzene rings is 1. The molecule has 1 N–H and O–H groups in total. The zero-order valence-corrected chi connectivity index (χ0v) is 13.0. The molecule has 1 aromatic rings. The molecule has 1 unspecified atom stereocenters. The van der Waals surface area contributed by atoms with Crippen LogP contribution in [0.2, 0.25) is 0 Å². The lowest BCUT2D eigenvalue weighted by Gasteiger charge is -2.21. The number of hydrogen-bond acceptors (Lipinski definition) is 3. The number of likely N-dealkylation sites (tertiary alicyclic amines) is 1. The predicted molar refractivity (Wildman–Crippen MR) is 83.8 cm³/mol. The molecule has 0 radical (unpaired) electrons. The van der Waals surface area contributed by atoms with Crippen molar-refractivity contribution in [2.75, 3.05) is 25.0 Å². The molecule has 1 heterocycles. The first-order chi connectivity index (χ1) is 10.1. The number of rotatable bonds is 4. The smallest absolute Gasteiger partial charge is 0.129 e. The van der Waals surface area contributed by atoms with Gasteiger partial charge in [0.05, 0.1) is 11.6 Å². The van der Waals surface area contributed by atoms with Crippen molar-refractivity contribution >= 4 is 5.69 Å². The van der Waals surface area contributed by atoms with E-state index >= 15 is 0 Å². The third-order valence-corrected chi connectivity index (χ3v) is 4.19. The first-order valence-corrected chi connectivity index (χ1v) is 7.83. The molecule has 0 aromatic heterocycles. The van der Waals surface area contributed by atoms with Crippen LogP contribution in [0.5, 0.6) is 0 Å². The highest BCUT2D eigenvalue weighted by Crippen LogP contribution is 2.23. The Morgan fingerprint density at radius 1 is 1.38 bits per heavy atom. The van der Waals surface area contributed by atoms with E-state index in [-0.39, 0.29) is 5.82 Å². The summed E-state index contributed by atoms with van der Waals surface area (Å²) in [6, 6.07) is 5.44. The Morgan fingerprint density at radius 2 is 2.19 bits per heavy atom. The van der Waals surface area contributed by atoms with E-state index < -0.39 is 0 Å². The van der Waals surface area contributed by atoms with Crippen LogP contribution in [-0.4, -0.2) is 30.6 Å². The van der Waals surface area contributed by atoms with E-state index in [2.05, 4.69) is 17.1 Å². The van der Waals surface area contributed by atoms with Crippen molar-refractivity contribution in [3.8, 4) is 6.07 Å². The van der Waals surface area contributed by atoms with Crippen molar-refractivity contribution in [3.05, 3.63) is 29.1 Å². The van der Waals surface area contributed by atoms with E-state index in [0.29, 0.717) is 17.2 Å². The summed E-state index contributed by atoms with van der Waals surface area (Å²) >= 11 is 0. The van der Waals surface area contributed by atoms with Crippen LogP contribution in [0.4, 0.5) is 10.1 Å². The Labute approximate surface area is 126 Å². The normalized spacial score (nSPS) is 19.8. The van der Waals surface area contributed by atoms with E-state index in [9.17, 15) is 4.39 Å². The standard InChI is InChI=1S/C17H24FN3/c1-3-7-21-8-4-5-15(6-9-21)20-17-11-14(12-19)10-16(18)13(17)2/h10-11,15,20H,3-9H2,1-2H3. The molecule has 1 aliphatic rings. The van der Waals surface area contributed by atoms with Gasteiger partial charge < -0.3 is 10.2 Å². The number of halogens is 1. The minimum atomic E-state index is -0.308. The molecule has 21 heavy (non-hydrogen) atoms. The third kappa shape index (κ3) is 4.18. The molecule has 1 saturated heterocycles. The first-order valence-electron chi connectivity index (χ1n) is 7.83. The van der Waals surface area contributed by atoms with E-state index in [1.807, 2.05) is 6.07 Å². The van der Waals surface area contributed by atoms with Crippen LogP contribution in [-0.2, 0) is 0 Å². The summed E-state index contributed by atoms with van der Waals surface area (Å²) in [5.41, 5.74) is 1.74. The molecule has 1 aliphatic heterocycles. The average molecular weight is 289 g/mol. The zero-order valence-electron chi connectivity index (χ0n) is 13.0. The predicted octanol–water partition coefficient (Wildman–Crippen LogP) is 3.68. The maximum Gasteiger partial charge on any atom is 0.129 e. The van der Waals surface area contributed by atoms with Gasteiger partial charge in [-0.3, -0.25) is 0 Å². The Kier molecular flexibility index (Phi) is 5.58. The molecule has 0 amide bonds. The van der Waals surface area contributed by atoms with Gasteiger partial charge in [-0.2, -0.15) is 5.26 Å². The third-order valence-electron chi connectivity index (χ3n) is 4.19. The second-order valence-electron chi connectivity index (χ2n) is 5.86. The second-order valence-corrected chi connectivity index (χ2v) is 5.86. The summed E-state index contributed by atoms with van der Waals surface area (Å²) in [5.74, 6) is -0.308. The van der Waals surface area contributed by atoms with E-state index in [4.69, 9.17) is 5.26 Å². The number of nitriles is 1. The number of nitrogens with one attached hydrogen (secondary N) is 1. The van der Waals surface area contributed by atoms with Gasteiger partial charge in [0.15, 0.2) is 0 Å². The van der Waals surface area contributed by atoms with Crippen LogP contribution in [0, 0.1) is 24.1 Å².